The third-order valence-electron chi connectivity index (χ3n) is 7.20. The summed E-state index contributed by atoms with van der Waals surface area (Å²) in [6, 6.07) is 6.31. The van der Waals surface area contributed by atoms with Gasteiger partial charge in [-0.3, -0.25) is 19.7 Å². The van der Waals surface area contributed by atoms with E-state index in [1.165, 1.54) is 40.6 Å². The highest BCUT2D eigenvalue weighted by Crippen LogP contribution is 2.53. The Morgan fingerprint density at radius 1 is 0.923 bits per heavy atom. The topological polar surface area (TPSA) is 128 Å². The number of amides is 3. The van der Waals surface area contributed by atoms with Crippen LogP contribution in [-0.2, 0) is 14.4 Å². The summed E-state index contributed by atoms with van der Waals surface area (Å²) in [7, 11) is 5.68. The van der Waals surface area contributed by atoms with Gasteiger partial charge in [0.1, 0.15) is 5.75 Å². The van der Waals surface area contributed by atoms with Crippen molar-refractivity contribution >= 4 is 34.3 Å². The second-order valence-corrected chi connectivity index (χ2v) is 9.19. The molecule has 1 fully saturated rings. The number of aromatic nitrogens is 1. The highest BCUT2D eigenvalue weighted by atomic mass is 19.4. The van der Waals surface area contributed by atoms with Crippen molar-refractivity contribution < 1.29 is 46.5 Å². The number of nitrogens with one attached hydrogen (secondary N) is 3. The van der Waals surface area contributed by atoms with E-state index in [-0.39, 0.29) is 17.9 Å². The standard InChI is InChI=1S/C26H24F3N3O7/c1-36-16-8-12-14(9-15(16)31-25(35)26(27,28)29)30-21-19(12)11(7-13-20(21)24(34)32-23(13)33)10-5-17(37-2)22(39-4)18(6-10)38-3/h5-6,8-9,11,13,20,30H,7H2,1-4H3,(H,31,35)(H,32,33,34)/t11-,13-,20-/m1/s1. The number of carbonyl (C=O) groups excluding carboxylic acids is 3. The van der Waals surface area contributed by atoms with Crippen LogP contribution < -0.4 is 29.6 Å². The van der Waals surface area contributed by atoms with E-state index in [0.717, 1.165) is 0 Å². The number of benzene rings is 2. The molecule has 0 saturated carbocycles. The Bertz CT molecular complexity index is 1490. The number of aromatic amines is 1. The zero-order valence-electron chi connectivity index (χ0n) is 21.2. The molecular weight excluding hydrogens is 523 g/mol. The lowest BCUT2D eigenvalue weighted by molar-refractivity contribution is -0.167. The molecule has 3 amide bonds. The minimum absolute atomic E-state index is 0.0142. The van der Waals surface area contributed by atoms with E-state index in [0.29, 0.717) is 45.0 Å². The van der Waals surface area contributed by atoms with Gasteiger partial charge in [-0.1, -0.05) is 0 Å². The second kappa shape index (κ2) is 9.40. The normalized spacial score (nSPS) is 20.2. The van der Waals surface area contributed by atoms with Crippen LogP contribution in [0.1, 0.15) is 35.1 Å². The summed E-state index contributed by atoms with van der Waals surface area (Å²) in [5.41, 5.74) is 1.95. The number of anilines is 1. The van der Waals surface area contributed by atoms with Crippen LogP contribution in [0.2, 0.25) is 0 Å². The van der Waals surface area contributed by atoms with Crippen molar-refractivity contribution in [2.45, 2.75) is 24.4 Å². The van der Waals surface area contributed by atoms with Gasteiger partial charge in [-0.25, -0.2) is 0 Å². The molecule has 5 rings (SSSR count). The Kier molecular flexibility index (Phi) is 6.31. The molecule has 39 heavy (non-hydrogen) atoms. The quantitative estimate of drug-likeness (QED) is 0.403. The first-order valence-electron chi connectivity index (χ1n) is 11.8. The molecule has 3 aromatic rings. The van der Waals surface area contributed by atoms with Gasteiger partial charge in [0.15, 0.2) is 11.5 Å². The van der Waals surface area contributed by atoms with Crippen molar-refractivity contribution in [1.29, 1.82) is 0 Å². The van der Waals surface area contributed by atoms with Crippen LogP contribution in [-0.4, -0.2) is 57.3 Å². The number of carbonyl (C=O) groups is 3. The van der Waals surface area contributed by atoms with Crippen LogP contribution in [0, 0.1) is 5.92 Å². The fraction of sp³-hybridized carbons (Fsp3) is 0.346. The van der Waals surface area contributed by atoms with Crippen LogP contribution in [0.3, 0.4) is 0 Å². The Hall–Kier alpha value is -4.42. The highest BCUT2D eigenvalue weighted by Gasteiger charge is 2.50. The molecule has 0 bridgehead atoms. The van der Waals surface area contributed by atoms with E-state index >= 15 is 0 Å². The van der Waals surface area contributed by atoms with Gasteiger partial charge in [0.25, 0.3) is 0 Å². The number of imide groups is 1. The van der Waals surface area contributed by atoms with Gasteiger partial charge in [-0.15, -0.1) is 0 Å². The largest absolute Gasteiger partial charge is 0.495 e. The molecule has 3 N–H and O–H groups in total. The molecule has 2 heterocycles. The molecule has 2 aliphatic rings. The Labute approximate surface area is 219 Å². The zero-order valence-corrected chi connectivity index (χ0v) is 21.2. The number of fused-ring (bicyclic) bond motifs is 5. The van der Waals surface area contributed by atoms with Gasteiger partial charge in [-0.05, 0) is 41.8 Å². The maximum atomic E-state index is 12.9. The molecule has 2 aromatic carbocycles. The molecule has 3 atom stereocenters. The van der Waals surface area contributed by atoms with E-state index in [1.54, 1.807) is 12.1 Å². The molecular formula is C26H24F3N3O7. The molecule has 13 heteroatoms. The lowest BCUT2D eigenvalue weighted by Gasteiger charge is -2.30. The van der Waals surface area contributed by atoms with Gasteiger partial charge >= 0.3 is 12.1 Å². The Morgan fingerprint density at radius 3 is 2.13 bits per heavy atom. The number of alkyl halides is 3. The van der Waals surface area contributed by atoms with E-state index in [9.17, 15) is 27.6 Å². The van der Waals surface area contributed by atoms with Crippen molar-refractivity contribution in [2.75, 3.05) is 33.8 Å². The van der Waals surface area contributed by atoms with Gasteiger partial charge in [0.05, 0.1) is 46.0 Å². The maximum absolute atomic E-state index is 12.9. The van der Waals surface area contributed by atoms with E-state index < -0.39 is 41.7 Å². The third-order valence-corrected chi connectivity index (χ3v) is 7.20. The predicted molar refractivity (Wildman–Crippen MR) is 131 cm³/mol. The fourth-order valence-electron chi connectivity index (χ4n) is 5.52. The predicted octanol–water partition coefficient (Wildman–Crippen LogP) is 3.59. The van der Waals surface area contributed by atoms with Crippen molar-refractivity contribution in [1.82, 2.24) is 10.3 Å². The van der Waals surface area contributed by atoms with Crippen LogP contribution in [0.4, 0.5) is 18.9 Å². The van der Waals surface area contributed by atoms with Crippen LogP contribution in [0.15, 0.2) is 24.3 Å². The van der Waals surface area contributed by atoms with Crippen LogP contribution >= 0.6 is 0 Å². The van der Waals surface area contributed by atoms with E-state index in [4.69, 9.17) is 18.9 Å². The van der Waals surface area contributed by atoms with Crippen molar-refractivity contribution in [3.05, 3.63) is 41.1 Å². The number of H-pyrrole nitrogens is 1. The van der Waals surface area contributed by atoms with Gasteiger partial charge in [-0.2, -0.15) is 13.2 Å². The average Bonchev–Trinajstić information content (AvgIpc) is 3.41. The minimum Gasteiger partial charge on any atom is -0.495 e. The van der Waals surface area contributed by atoms with Gasteiger partial charge in [0.2, 0.25) is 17.6 Å². The Balaban J connectivity index is 1.74. The SMILES string of the molecule is COc1cc2c3c([nH]c2cc1NC(=O)C(F)(F)F)[C@@H]1C(=O)NC(=O)[C@@H]1C[C@@H]3c1cc(OC)c(OC)c(OC)c1. The zero-order chi connectivity index (χ0) is 28.2. The van der Waals surface area contributed by atoms with E-state index in [2.05, 4.69) is 10.3 Å². The summed E-state index contributed by atoms with van der Waals surface area (Å²) in [6.07, 6.45) is -4.85. The molecule has 10 nitrogen and oxygen atoms in total. The summed E-state index contributed by atoms with van der Waals surface area (Å²) in [5, 5.41) is 4.77. The number of halogens is 3. The lowest BCUT2D eigenvalue weighted by Crippen LogP contribution is -2.30. The summed E-state index contributed by atoms with van der Waals surface area (Å²) >= 11 is 0. The monoisotopic (exact) mass is 547 g/mol. The number of hydrogen-bond acceptors (Lipinski definition) is 7. The van der Waals surface area contributed by atoms with Crippen LogP contribution in [0.5, 0.6) is 23.0 Å². The van der Waals surface area contributed by atoms with E-state index in [1.807, 2.05) is 5.32 Å². The molecule has 0 spiro atoms. The number of methoxy groups -OCH3 is 4. The average molecular weight is 547 g/mol. The lowest BCUT2D eigenvalue weighted by atomic mass is 9.71. The first kappa shape index (κ1) is 26.2. The summed E-state index contributed by atoms with van der Waals surface area (Å²) in [4.78, 5) is 40.3. The molecule has 0 radical (unpaired) electrons. The summed E-state index contributed by atoms with van der Waals surface area (Å²) in [6.45, 7) is 0. The highest BCUT2D eigenvalue weighted by molar-refractivity contribution is 6.09. The number of ether oxygens (including phenoxy) is 4. The molecule has 1 aliphatic heterocycles. The smallest absolute Gasteiger partial charge is 0.471 e. The summed E-state index contributed by atoms with van der Waals surface area (Å²) in [5.74, 6) is -3.88. The van der Waals surface area contributed by atoms with Crippen molar-refractivity contribution in [2.24, 2.45) is 5.92 Å². The third kappa shape index (κ3) is 4.17. The molecule has 1 aliphatic carbocycles. The number of rotatable bonds is 6. The van der Waals surface area contributed by atoms with Gasteiger partial charge < -0.3 is 29.2 Å². The first-order valence-corrected chi connectivity index (χ1v) is 11.8. The fourth-order valence-corrected chi connectivity index (χ4v) is 5.52. The van der Waals surface area contributed by atoms with Crippen molar-refractivity contribution in [3.8, 4) is 23.0 Å². The number of hydrogen-bond donors (Lipinski definition) is 3. The summed E-state index contributed by atoms with van der Waals surface area (Å²) < 4.78 is 60.6. The first-order chi connectivity index (χ1) is 18.5. The van der Waals surface area contributed by atoms with Gasteiger partial charge in [0, 0.05) is 22.5 Å². The maximum Gasteiger partial charge on any atom is 0.471 e. The minimum atomic E-state index is -5.11. The second-order valence-electron chi connectivity index (χ2n) is 9.19. The van der Waals surface area contributed by atoms with Crippen LogP contribution in [0.25, 0.3) is 10.9 Å². The molecule has 1 saturated heterocycles. The molecule has 206 valence electrons. The molecule has 1 aromatic heterocycles. The van der Waals surface area contributed by atoms with Crippen molar-refractivity contribution in [3.63, 3.8) is 0 Å². The molecule has 0 unspecified atom stereocenters. The Morgan fingerprint density at radius 2 is 1.56 bits per heavy atom.